The van der Waals surface area contributed by atoms with Gasteiger partial charge in [-0.3, -0.25) is 4.79 Å². The van der Waals surface area contributed by atoms with Crippen LogP contribution in [0.3, 0.4) is 0 Å². The summed E-state index contributed by atoms with van der Waals surface area (Å²) in [6.45, 7) is 0.177. The molecule has 5 nitrogen and oxygen atoms in total. The number of hydrogen-bond acceptors (Lipinski definition) is 4. The van der Waals surface area contributed by atoms with E-state index in [0.29, 0.717) is 18.7 Å². The molecule has 0 aliphatic rings. The summed E-state index contributed by atoms with van der Waals surface area (Å²) in [7, 11) is 1.58. The second kappa shape index (κ2) is 11.2. The van der Waals surface area contributed by atoms with Gasteiger partial charge in [-0.25, -0.2) is 0 Å². The fraction of sp³-hybridized carbons (Fsp3) is 0.500. The average molecular weight is 339 g/mol. The number of benzene rings is 1. The van der Waals surface area contributed by atoms with E-state index in [4.69, 9.17) is 4.74 Å². The fourth-order valence-electron chi connectivity index (χ4n) is 1.71. The molecule has 0 radical (unpaired) electrons. The Morgan fingerprint density at radius 1 is 1.36 bits per heavy atom. The zero-order valence-electron chi connectivity index (χ0n) is 12.5. The Balaban J connectivity index is 0.00000441. The highest BCUT2D eigenvalue weighted by Crippen LogP contribution is 2.20. The van der Waals surface area contributed by atoms with Crippen LogP contribution in [0.5, 0.6) is 5.75 Å². The van der Waals surface area contributed by atoms with Crippen LogP contribution in [0.4, 0.5) is 8.78 Å². The number of halogens is 3. The standard InChI is InChI=1S/C14H20F2N2O3.ClH/c1-10(18-13(19)9-17-6-7-20-2)11-4-3-5-12(8-11)21-14(15)16;/h3-5,8,10,14,17H,6-7,9H2,1-2H3,(H,18,19);1H. The Labute approximate surface area is 134 Å². The largest absolute Gasteiger partial charge is 0.435 e. The van der Waals surface area contributed by atoms with Crippen molar-refractivity contribution in [3.63, 3.8) is 0 Å². The molecule has 0 saturated carbocycles. The second-order valence-electron chi connectivity index (χ2n) is 4.41. The van der Waals surface area contributed by atoms with E-state index in [9.17, 15) is 13.6 Å². The number of carbonyl (C=O) groups is 1. The van der Waals surface area contributed by atoms with Crippen LogP contribution in [0.15, 0.2) is 24.3 Å². The van der Waals surface area contributed by atoms with Crippen LogP contribution in [0.1, 0.15) is 18.5 Å². The molecule has 0 bridgehead atoms. The van der Waals surface area contributed by atoms with Gasteiger partial charge in [-0.2, -0.15) is 8.78 Å². The quantitative estimate of drug-likeness (QED) is 0.677. The van der Waals surface area contributed by atoms with E-state index < -0.39 is 6.61 Å². The number of methoxy groups -OCH3 is 1. The number of nitrogens with one attached hydrogen (secondary N) is 2. The number of hydrogen-bond donors (Lipinski definition) is 2. The molecule has 1 amide bonds. The highest BCUT2D eigenvalue weighted by Gasteiger charge is 2.11. The van der Waals surface area contributed by atoms with Gasteiger partial charge in [0.2, 0.25) is 5.91 Å². The molecule has 1 rings (SSSR count). The lowest BCUT2D eigenvalue weighted by atomic mass is 10.1. The van der Waals surface area contributed by atoms with Gasteiger partial charge >= 0.3 is 6.61 Å². The minimum absolute atomic E-state index is 0. The molecule has 22 heavy (non-hydrogen) atoms. The van der Waals surface area contributed by atoms with E-state index >= 15 is 0 Å². The van der Waals surface area contributed by atoms with Crippen molar-refractivity contribution in [2.75, 3.05) is 26.8 Å². The highest BCUT2D eigenvalue weighted by atomic mass is 35.5. The molecular formula is C14H21ClF2N2O3. The van der Waals surface area contributed by atoms with Gasteiger partial charge in [0.25, 0.3) is 0 Å². The molecule has 8 heteroatoms. The van der Waals surface area contributed by atoms with Gasteiger partial charge in [0.1, 0.15) is 5.75 Å². The molecule has 1 aromatic carbocycles. The monoisotopic (exact) mass is 338 g/mol. The van der Waals surface area contributed by atoms with Crippen molar-refractivity contribution in [1.82, 2.24) is 10.6 Å². The predicted molar refractivity (Wildman–Crippen MR) is 81.6 cm³/mol. The lowest BCUT2D eigenvalue weighted by Gasteiger charge is -2.15. The Morgan fingerprint density at radius 2 is 2.09 bits per heavy atom. The molecule has 1 unspecified atom stereocenters. The van der Waals surface area contributed by atoms with E-state index in [2.05, 4.69) is 15.4 Å². The van der Waals surface area contributed by atoms with Gasteiger partial charge < -0.3 is 20.1 Å². The number of ether oxygens (including phenoxy) is 2. The van der Waals surface area contributed by atoms with Crippen molar-refractivity contribution in [3.05, 3.63) is 29.8 Å². The van der Waals surface area contributed by atoms with Crippen molar-refractivity contribution in [3.8, 4) is 5.75 Å². The van der Waals surface area contributed by atoms with E-state index in [0.717, 1.165) is 0 Å². The Hall–Kier alpha value is -1.44. The van der Waals surface area contributed by atoms with E-state index in [1.54, 1.807) is 26.2 Å². The molecule has 0 saturated heterocycles. The summed E-state index contributed by atoms with van der Waals surface area (Å²) < 4.78 is 33.5. The Bertz CT molecular complexity index is 450. The van der Waals surface area contributed by atoms with Crippen LogP contribution in [0.25, 0.3) is 0 Å². The third-order valence-electron chi connectivity index (χ3n) is 2.73. The van der Waals surface area contributed by atoms with Gasteiger partial charge in [-0.05, 0) is 24.6 Å². The van der Waals surface area contributed by atoms with Gasteiger partial charge in [0, 0.05) is 13.7 Å². The summed E-state index contributed by atoms with van der Waals surface area (Å²) in [5.41, 5.74) is 0.693. The highest BCUT2D eigenvalue weighted by molar-refractivity contribution is 5.85. The summed E-state index contributed by atoms with van der Waals surface area (Å²) in [6.07, 6.45) is 0. The molecule has 1 atom stereocenters. The molecule has 2 N–H and O–H groups in total. The third kappa shape index (κ3) is 8.11. The molecule has 0 aromatic heterocycles. The van der Waals surface area contributed by atoms with E-state index in [1.165, 1.54) is 12.1 Å². The van der Waals surface area contributed by atoms with Crippen LogP contribution in [-0.4, -0.2) is 39.3 Å². The van der Waals surface area contributed by atoms with Crippen molar-refractivity contribution in [2.24, 2.45) is 0 Å². The van der Waals surface area contributed by atoms with Crippen molar-refractivity contribution < 1.29 is 23.0 Å². The first-order valence-electron chi connectivity index (χ1n) is 6.56. The summed E-state index contributed by atoms with van der Waals surface area (Å²) in [5.74, 6) is -0.111. The number of amides is 1. The molecular weight excluding hydrogens is 318 g/mol. The Morgan fingerprint density at radius 3 is 2.73 bits per heavy atom. The van der Waals surface area contributed by atoms with Crippen molar-refractivity contribution >= 4 is 18.3 Å². The van der Waals surface area contributed by atoms with Crippen LogP contribution in [0.2, 0.25) is 0 Å². The predicted octanol–water partition coefficient (Wildman–Crippen LogP) is 2.12. The minimum Gasteiger partial charge on any atom is -0.435 e. The SMILES string of the molecule is COCCNCC(=O)NC(C)c1cccc(OC(F)F)c1.Cl. The van der Waals surface area contributed by atoms with Gasteiger partial charge in [0.15, 0.2) is 0 Å². The second-order valence-corrected chi connectivity index (χ2v) is 4.41. The molecule has 0 fully saturated rings. The van der Waals surface area contributed by atoms with Crippen molar-refractivity contribution in [2.45, 2.75) is 19.6 Å². The lowest BCUT2D eigenvalue weighted by molar-refractivity contribution is -0.120. The normalized spacial score (nSPS) is 11.7. The average Bonchev–Trinajstić information content (AvgIpc) is 2.43. The summed E-state index contributed by atoms with van der Waals surface area (Å²) >= 11 is 0. The first kappa shape index (κ1) is 20.6. The maximum atomic E-state index is 12.2. The number of carbonyl (C=O) groups excluding carboxylic acids is 1. The number of alkyl halides is 2. The summed E-state index contributed by atoms with van der Waals surface area (Å²) in [6, 6.07) is 5.96. The van der Waals surface area contributed by atoms with Gasteiger partial charge in [-0.15, -0.1) is 12.4 Å². The fourth-order valence-corrected chi connectivity index (χ4v) is 1.71. The smallest absolute Gasteiger partial charge is 0.387 e. The van der Waals surface area contributed by atoms with E-state index in [-0.39, 0.29) is 36.7 Å². The maximum absolute atomic E-state index is 12.2. The first-order valence-corrected chi connectivity index (χ1v) is 6.56. The molecule has 0 spiro atoms. The molecule has 0 aliphatic carbocycles. The lowest BCUT2D eigenvalue weighted by Crippen LogP contribution is -2.36. The van der Waals surface area contributed by atoms with E-state index in [1.807, 2.05) is 0 Å². The summed E-state index contributed by atoms with van der Waals surface area (Å²) in [4.78, 5) is 11.7. The first-order chi connectivity index (χ1) is 10.0. The third-order valence-corrected chi connectivity index (χ3v) is 2.73. The maximum Gasteiger partial charge on any atom is 0.387 e. The van der Waals surface area contributed by atoms with Crippen LogP contribution >= 0.6 is 12.4 Å². The van der Waals surface area contributed by atoms with Crippen LogP contribution in [-0.2, 0) is 9.53 Å². The molecule has 0 aliphatic heterocycles. The topological polar surface area (TPSA) is 59.6 Å². The molecule has 1 aromatic rings. The van der Waals surface area contributed by atoms with Gasteiger partial charge in [0.05, 0.1) is 19.2 Å². The van der Waals surface area contributed by atoms with Crippen molar-refractivity contribution in [1.29, 1.82) is 0 Å². The summed E-state index contributed by atoms with van der Waals surface area (Å²) in [5, 5.41) is 5.69. The Kier molecular flexibility index (Phi) is 10.4. The molecule has 126 valence electrons. The van der Waals surface area contributed by atoms with Gasteiger partial charge in [-0.1, -0.05) is 12.1 Å². The van der Waals surface area contributed by atoms with Crippen LogP contribution in [0, 0.1) is 0 Å². The zero-order valence-corrected chi connectivity index (χ0v) is 13.3. The minimum atomic E-state index is -2.87. The van der Waals surface area contributed by atoms with Crippen LogP contribution < -0.4 is 15.4 Å². The zero-order chi connectivity index (χ0) is 15.7. The number of rotatable bonds is 9. The molecule has 0 heterocycles.